The SMILES string of the molecule is Cl.Cl.Nc1ccccc1C(=O)N1CCN(c2ncc(Cl)cc2Cl)CC1. The number of halogens is 4. The Morgan fingerprint density at radius 1 is 1.08 bits per heavy atom. The number of nitrogens with two attached hydrogens (primary N) is 1. The summed E-state index contributed by atoms with van der Waals surface area (Å²) in [7, 11) is 0. The molecule has 1 aliphatic heterocycles. The van der Waals surface area contributed by atoms with E-state index in [1.54, 1.807) is 29.3 Å². The van der Waals surface area contributed by atoms with Gasteiger partial charge in [0.05, 0.1) is 15.6 Å². The van der Waals surface area contributed by atoms with Crippen LogP contribution in [0.5, 0.6) is 0 Å². The molecule has 1 aromatic carbocycles. The molecule has 1 saturated heterocycles. The molecular formula is C16H18Cl4N4O. The maximum atomic E-state index is 12.5. The zero-order chi connectivity index (χ0) is 16.4. The van der Waals surface area contributed by atoms with E-state index in [2.05, 4.69) is 9.88 Å². The van der Waals surface area contributed by atoms with Gasteiger partial charge in [-0.05, 0) is 18.2 Å². The van der Waals surface area contributed by atoms with E-state index >= 15 is 0 Å². The fourth-order valence-corrected chi connectivity index (χ4v) is 3.12. The first-order valence-corrected chi connectivity index (χ1v) is 8.01. The van der Waals surface area contributed by atoms with Crippen LogP contribution in [0.2, 0.25) is 10.0 Å². The number of anilines is 2. The van der Waals surface area contributed by atoms with Gasteiger partial charge in [-0.2, -0.15) is 0 Å². The lowest BCUT2D eigenvalue weighted by atomic mass is 10.1. The maximum absolute atomic E-state index is 12.5. The highest BCUT2D eigenvalue weighted by molar-refractivity contribution is 6.36. The van der Waals surface area contributed by atoms with Crippen LogP contribution in [0.25, 0.3) is 0 Å². The Morgan fingerprint density at radius 3 is 2.32 bits per heavy atom. The van der Waals surface area contributed by atoms with Crippen molar-refractivity contribution in [2.24, 2.45) is 0 Å². The lowest BCUT2D eigenvalue weighted by Gasteiger charge is -2.36. The zero-order valence-electron chi connectivity index (χ0n) is 13.2. The van der Waals surface area contributed by atoms with Crippen molar-refractivity contribution in [1.29, 1.82) is 0 Å². The van der Waals surface area contributed by atoms with Crippen LogP contribution in [0, 0.1) is 0 Å². The molecule has 0 unspecified atom stereocenters. The van der Waals surface area contributed by atoms with Gasteiger partial charge in [-0.1, -0.05) is 35.3 Å². The van der Waals surface area contributed by atoms with Gasteiger partial charge in [0.2, 0.25) is 0 Å². The molecule has 0 radical (unpaired) electrons. The minimum atomic E-state index is -0.0436. The van der Waals surface area contributed by atoms with Crippen LogP contribution in [0.15, 0.2) is 36.5 Å². The van der Waals surface area contributed by atoms with Gasteiger partial charge in [-0.3, -0.25) is 4.79 Å². The molecule has 2 aromatic rings. The average Bonchev–Trinajstić information content (AvgIpc) is 2.55. The quantitative estimate of drug-likeness (QED) is 0.746. The molecule has 0 saturated carbocycles. The van der Waals surface area contributed by atoms with Gasteiger partial charge in [0.25, 0.3) is 5.91 Å². The topological polar surface area (TPSA) is 62.5 Å². The molecule has 1 aliphatic rings. The monoisotopic (exact) mass is 422 g/mol. The Balaban J connectivity index is 0.00000156. The van der Waals surface area contributed by atoms with E-state index in [4.69, 9.17) is 28.9 Å². The molecule has 0 atom stereocenters. The third-order valence-corrected chi connectivity index (χ3v) is 4.33. The number of pyridine rings is 1. The summed E-state index contributed by atoms with van der Waals surface area (Å²) in [6.07, 6.45) is 1.57. The van der Waals surface area contributed by atoms with Crippen LogP contribution in [0.3, 0.4) is 0 Å². The maximum Gasteiger partial charge on any atom is 0.256 e. The number of carbonyl (C=O) groups is 1. The minimum absolute atomic E-state index is 0. The third-order valence-electron chi connectivity index (χ3n) is 3.85. The second-order valence-corrected chi connectivity index (χ2v) is 6.17. The van der Waals surface area contributed by atoms with Crippen LogP contribution >= 0.6 is 48.0 Å². The zero-order valence-corrected chi connectivity index (χ0v) is 16.3. The van der Waals surface area contributed by atoms with Crippen LogP contribution in [-0.2, 0) is 0 Å². The van der Waals surface area contributed by atoms with E-state index in [-0.39, 0.29) is 30.7 Å². The molecule has 25 heavy (non-hydrogen) atoms. The van der Waals surface area contributed by atoms with Gasteiger partial charge in [-0.15, -0.1) is 24.8 Å². The van der Waals surface area contributed by atoms with Gasteiger partial charge in [0.15, 0.2) is 0 Å². The normalized spacial score (nSPS) is 13.7. The van der Waals surface area contributed by atoms with Crippen molar-refractivity contribution in [3.8, 4) is 0 Å². The van der Waals surface area contributed by atoms with Crippen LogP contribution in [-0.4, -0.2) is 42.0 Å². The Kier molecular flexibility index (Phi) is 8.09. The number of amides is 1. The Morgan fingerprint density at radius 2 is 1.72 bits per heavy atom. The van der Waals surface area contributed by atoms with Gasteiger partial charge >= 0.3 is 0 Å². The standard InChI is InChI=1S/C16H16Cl2N4O.2ClH/c17-11-9-13(18)15(20-10-11)21-5-7-22(8-6-21)16(23)12-3-1-2-4-14(12)19;;/h1-4,9-10H,5-8,19H2;2*1H. The second kappa shape index (κ2) is 9.34. The summed E-state index contributed by atoms with van der Waals surface area (Å²) in [4.78, 5) is 20.7. The number of carbonyl (C=O) groups excluding carboxylic acids is 1. The molecule has 2 N–H and O–H groups in total. The molecule has 0 aliphatic carbocycles. The van der Waals surface area contributed by atoms with Crippen LogP contribution in [0.4, 0.5) is 11.5 Å². The number of aromatic nitrogens is 1. The van der Waals surface area contributed by atoms with Gasteiger partial charge < -0.3 is 15.5 Å². The summed E-state index contributed by atoms with van der Waals surface area (Å²) in [5.74, 6) is 0.653. The lowest BCUT2D eigenvalue weighted by Crippen LogP contribution is -2.49. The third kappa shape index (κ3) is 4.82. The Labute approximate surface area is 168 Å². The Hall–Kier alpha value is -1.40. The number of para-hydroxylation sites is 1. The molecule has 0 spiro atoms. The fourth-order valence-electron chi connectivity index (χ4n) is 2.62. The molecule has 1 fully saturated rings. The highest BCUT2D eigenvalue weighted by Gasteiger charge is 2.24. The number of rotatable bonds is 2. The van der Waals surface area contributed by atoms with Crippen molar-refractivity contribution in [1.82, 2.24) is 9.88 Å². The number of benzene rings is 1. The molecule has 1 aromatic heterocycles. The lowest BCUT2D eigenvalue weighted by molar-refractivity contribution is 0.0747. The van der Waals surface area contributed by atoms with Crippen molar-refractivity contribution in [3.05, 3.63) is 52.1 Å². The summed E-state index contributed by atoms with van der Waals surface area (Å²) in [5.41, 5.74) is 6.93. The van der Waals surface area contributed by atoms with Crippen molar-refractivity contribution in [2.75, 3.05) is 36.8 Å². The van der Waals surface area contributed by atoms with E-state index in [9.17, 15) is 4.79 Å². The van der Waals surface area contributed by atoms with E-state index in [1.165, 1.54) is 0 Å². The van der Waals surface area contributed by atoms with Crippen molar-refractivity contribution in [3.63, 3.8) is 0 Å². The first kappa shape index (κ1) is 21.6. The van der Waals surface area contributed by atoms with E-state index < -0.39 is 0 Å². The molecule has 1 amide bonds. The molecule has 0 bridgehead atoms. The number of nitrogen functional groups attached to an aromatic ring is 1. The van der Waals surface area contributed by atoms with E-state index in [0.717, 1.165) is 0 Å². The molecule has 5 nitrogen and oxygen atoms in total. The molecule has 2 heterocycles. The van der Waals surface area contributed by atoms with Crippen LogP contribution < -0.4 is 10.6 Å². The van der Waals surface area contributed by atoms with E-state index in [1.807, 2.05) is 12.1 Å². The largest absolute Gasteiger partial charge is 0.398 e. The van der Waals surface area contributed by atoms with Gasteiger partial charge in [-0.25, -0.2) is 4.98 Å². The first-order chi connectivity index (χ1) is 11.1. The predicted octanol–water partition coefficient (Wildman–Crippen LogP) is 3.78. The number of hydrogen-bond donors (Lipinski definition) is 1. The van der Waals surface area contributed by atoms with Crippen LogP contribution in [0.1, 0.15) is 10.4 Å². The van der Waals surface area contributed by atoms with E-state index in [0.29, 0.717) is 53.3 Å². The first-order valence-electron chi connectivity index (χ1n) is 7.26. The smallest absolute Gasteiger partial charge is 0.256 e. The molecule has 9 heteroatoms. The summed E-state index contributed by atoms with van der Waals surface area (Å²) in [5, 5.41) is 1.02. The van der Waals surface area contributed by atoms with Gasteiger partial charge in [0.1, 0.15) is 5.82 Å². The molecule has 3 rings (SSSR count). The van der Waals surface area contributed by atoms with Crippen molar-refractivity contribution >= 4 is 65.4 Å². The van der Waals surface area contributed by atoms with Crippen molar-refractivity contribution in [2.45, 2.75) is 0 Å². The van der Waals surface area contributed by atoms with Gasteiger partial charge in [0, 0.05) is 38.1 Å². The molecular weight excluding hydrogens is 406 g/mol. The number of piperazine rings is 1. The number of nitrogens with zero attached hydrogens (tertiary/aromatic N) is 3. The summed E-state index contributed by atoms with van der Waals surface area (Å²) < 4.78 is 0. The minimum Gasteiger partial charge on any atom is -0.398 e. The molecule has 136 valence electrons. The fraction of sp³-hybridized carbons (Fsp3) is 0.250. The highest BCUT2D eigenvalue weighted by Crippen LogP contribution is 2.27. The average molecular weight is 424 g/mol. The summed E-state index contributed by atoms with van der Waals surface area (Å²) in [6.45, 7) is 2.50. The second-order valence-electron chi connectivity index (χ2n) is 5.33. The van der Waals surface area contributed by atoms with Crippen molar-refractivity contribution < 1.29 is 4.79 Å². The number of hydrogen-bond acceptors (Lipinski definition) is 4. The Bertz CT molecular complexity index is 736. The summed E-state index contributed by atoms with van der Waals surface area (Å²) >= 11 is 12.1. The highest BCUT2D eigenvalue weighted by atomic mass is 35.5. The summed E-state index contributed by atoms with van der Waals surface area (Å²) in [6, 6.07) is 8.80. The predicted molar refractivity (Wildman–Crippen MR) is 108 cm³/mol.